The second-order valence-electron chi connectivity index (χ2n) is 4.67. The van der Waals surface area contributed by atoms with Crippen molar-refractivity contribution >= 4 is 0 Å². The number of methoxy groups -OCH3 is 1. The van der Waals surface area contributed by atoms with Gasteiger partial charge in [-0.1, -0.05) is 13.3 Å². The lowest BCUT2D eigenvalue weighted by molar-refractivity contribution is 0.170. The van der Waals surface area contributed by atoms with Crippen LogP contribution in [0.25, 0.3) is 0 Å². The number of hydrogen-bond donors (Lipinski definition) is 1. The van der Waals surface area contributed by atoms with Crippen LogP contribution >= 0.6 is 0 Å². The summed E-state index contributed by atoms with van der Waals surface area (Å²) in [6.07, 6.45) is 2.73. The molecule has 0 aromatic rings. The first-order chi connectivity index (χ1) is 7.26. The van der Waals surface area contributed by atoms with E-state index in [0.29, 0.717) is 6.04 Å². The molecular formula is C12H26N2O. The number of rotatable bonds is 7. The van der Waals surface area contributed by atoms with E-state index in [4.69, 9.17) is 4.74 Å². The summed E-state index contributed by atoms with van der Waals surface area (Å²) in [6, 6.07) is 0.472. The Morgan fingerprint density at radius 1 is 1.53 bits per heavy atom. The molecule has 1 heterocycles. The van der Waals surface area contributed by atoms with E-state index in [-0.39, 0.29) is 0 Å². The van der Waals surface area contributed by atoms with E-state index in [2.05, 4.69) is 24.1 Å². The van der Waals surface area contributed by atoms with Crippen LogP contribution in [-0.4, -0.2) is 50.8 Å². The molecule has 1 N–H and O–H groups in total. The molecule has 2 unspecified atom stereocenters. The van der Waals surface area contributed by atoms with Gasteiger partial charge in [0.25, 0.3) is 0 Å². The number of ether oxygens (including phenoxy) is 1. The Bertz CT molecular complexity index is 164. The van der Waals surface area contributed by atoms with E-state index in [1.165, 1.54) is 32.5 Å². The van der Waals surface area contributed by atoms with E-state index in [1.807, 2.05) is 0 Å². The zero-order valence-electron chi connectivity index (χ0n) is 10.5. The molecule has 1 aliphatic rings. The summed E-state index contributed by atoms with van der Waals surface area (Å²) in [5, 5.41) is 3.48. The normalized spacial score (nSPS) is 24.6. The van der Waals surface area contributed by atoms with Gasteiger partial charge in [-0.3, -0.25) is 0 Å². The Balaban J connectivity index is 2.01. The molecule has 0 spiro atoms. The van der Waals surface area contributed by atoms with Crippen LogP contribution in [0.5, 0.6) is 0 Å². The number of hydrogen-bond acceptors (Lipinski definition) is 3. The Morgan fingerprint density at radius 2 is 2.33 bits per heavy atom. The summed E-state index contributed by atoms with van der Waals surface area (Å²) in [4.78, 5) is 2.57. The lowest BCUT2D eigenvalue weighted by Crippen LogP contribution is -2.37. The highest BCUT2D eigenvalue weighted by Crippen LogP contribution is 2.17. The number of nitrogens with one attached hydrogen (secondary N) is 1. The number of likely N-dealkylation sites (tertiary alicyclic amines) is 1. The molecule has 1 saturated heterocycles. The van der Waals surface area contributed by atoms with Gasteiger partial charge in [0.2, 0.25) is 0 Å². The van der Waals surface area contributed by atoms with Crippen molar-refractivity contribution in [1.29, 1.82) is 0 Å². The summed E-state index contributed by atoms with van der Waals surface area (Å²) in [5.41, 5.74) is 0. The molecular weight excluding hydrogens is 188 g/mol. The largest absolute Gasteiger partial charge is 0.383 e. The van der Waals surface area contributed by atoms with Gasteiger partial charge in [-0.15, -0.1) is 0 Å². The number of nitrogens with zero attached hydrogens (tertiary/aromatic N) is 1. The lowest BCUT2D eigenvalue weighted by atomic mass is 10.1. The van der Waals surface area contributed by atoms with Gasteiger partial charge in [-0.2, -0.15) is 0 Å². The fraction of sp³-hybridized carbons (Fsp3) is 1.00. The molecule has 0 aromatic heterocycles. The van der Waals surface area contributed by atoms with Gasteiger partial charge in [0.1, 0.15) is 0 Å². The lowest BCUT2D eigenvalue weighted by Gasteiger charge is -2.18. The fourth-order valence-electron chi connectivity index (χ4n) is 2.23. The van der Waals surface area contributed by atoms with E-state index in [0.717, 1.165) is 19.1 Å². The van der Waals surface area contributed by atoms with Crippen molar-refractivity contribution in [1.82, 2.24) is 10.2 Å². The summed E-state index contributed by atoms with van der Waals surface area (Å²) >= 11 is 0. The maximum atomic E-state index is 5.08. The van der Waals surface area contributed by atoms with Gasteiger partial charge in [0, 0.05) is 32.8 Å². The van der Waals surface area contributed by atoms with Crippen molar-refractivity contribution in [3.8, 4) is 0 Å². The van der Waals surface area contributed by atoms with Gasteiger partial charge in [-0.25, -0.2) is 0 Å². The minimum absolute atomic E-state index is 0.472. The van der Waals surface area contributed by atoms with E-state index in [1.54, 1.807) is 7.11 Å². The molecule has 0 saturated carbocycles. The van der Waals surface area contributed by atoms with Crippen LogP contribution in [0.15, 0.2) is 0 Å². The summed E-state index contributed by atoms with van der Waals surface area (Å²) in [7, 11) is 1.75. The standard InChI is InChI=1S/C12H26N2O/c1-4-12-5-7-14(9-12)8-6-13-11(2)10-15-3/h11-13H,4-10H2,1-3H3. The second-order valence-corrected chi connectivity index (χ2v) is 4.67. The van der Waals surface area contributed by atoms with Gasteiger partial charge in [-0.05, 0) is 25.8 Å². The second kappa shape index (κ2) is 7.20. The van der Waals surface area contributed by atoms with E-state index < -0.39 is 0 Å². The van der Waals surface area contributed by atoms with E-state index in [9.17, 15) is 0 Å². The first kappa shape index (κ1) is 12.9. The zero-order valence-corrected chi connectivity index (χ0v) is 10.5. The molecule has 1 fully saturated rings. The molecule has 2 atom stereocenters. The minimum Gasteiger partial charge on any atom is -0.383 e. The Morgan fingerprint density at radius 3 is 2.93 bits per heavy atom. The third kappa shape index (κ3) is 4.96. The van der Waals surface area contributed by atoms with Crippen LogP contribution in [0, 0.1) is 5.92 Å². The van der Waals surface area contributed by atoms with Crippen molar-refractivity contribution in [3.63, 3.8) is 0 Å². The van der Waals surface area contributed by atoms with Crippen molar-refractivity contribution in [2.24, 2.45) is 5.92 Å². The van der Waals surface area contributed by atoms with Crippen LogP contribution in [0.3, 0.4) is 0 Å². The highest BCUT2D eigenvalue weighted by Gasteiger charge is 2.19. The molecule has 0 radical (unpaired) electrons. The molecule has 0 aliphatic carbocycles. The molecule has 90 valence electrons. The monoisotopic (exact) mass is 214 g/mol. The highest BCUT2D eigenvalue weighted by molar-refractivity contribution is 4.75. The third-order valence-corrected chi connectivity index (χ3v) is 3.28. The maximum absolute atomic E-state index is 5.08. The van der Waals surface area contributed by atoms with Gasteiger partial charge < -0.3 is 15.0 Å². The summed E-state index contributed by atoms with van der Waals surface area (Å²) < 4.78 is 5.08. The van der Waals surface area contributed by atoms with Gasteiger partial charge in [0.15, 0.2) is 0 Å². The molecule has 1 rings (SSSR count). The average Bonchev–Trinajstić information content (AvgIpc) is 2.66. The molecule has 0 aromatic carbocycles. The topological polar surface area (TPSA) is 24.5 Å². The first-order valence-corrected chi connectivity index (χ1v) is 6.21. The van der Waals surface area contributed by atoms with Crippen molar-refractivity contribution < 1.29 is 4.74 Å². The van der Waals surface area contributed by atoms with E-state index >= 15 is 0 Å². The third-order valence-electron chi connectivity index (χ3n) is 3.28. The molecule has 15 heavy (non-hydrogen) atoms. The van der Waals surface area contributed by atoms with Crippen LogP contribution in [0.1, 0.15) is 26.7 Å². The van der Waals surface area contributed by atoms with Gasteiger partial charge >= 0.3 is 0 Å². The molecule has 1 aliphatic heterocycles. The van der Waals surface area contributed by atoms with Crippen LogP contribution < -0.4 is 5.32 Å². The molecule has 3 nitrogen and oxygen atoms in total. The maximum Gasteiger partial charge on any atom is 0.0613 e. The Labute approximate surface area is 94.2 Å². The Hall–Kier alpha value is -0.120. The molecule has 0 amide bonds. The van der Waals surface area contributed by atoms with Crippen LogP contribution in [0.2, 0.25) is 0 Å². The zero-order chi connectivity index (χ0) is 11.1. The molecule has 3 heteroatoms. The van der Waals surface area contributed by atoms with Crippen molar-refractivity contribution in [2.75, 3.05) is 39.9 Å². The SMILES string of the molecule is CCC1CCN(CCNC(C)COC)C1. The highest BCUT2D eigenvalue weighted by atomic mass is 16.5. The summed E-state index contributed by atoms with van der Waals surface area (Å²) in [5.74, 6) is 0.946. The van der Waals surface area contributed by atoms with Gasteiger partial charge in [0.05, 0.1) is 6.61 Å². The van der Waals surface area contributed by atoms with Crippen molar-refractivity contribution in [3.05, 3.63) is 0 Å². The predicted molar refractivity (Wildman–Crippen MR) is 64.2 cm³/mol. The minimum atomic E-state index is 0.472. The van der Waals surface area contributed by atoms with Crippen LogP contribution in [-0.2, 0) is 4.74 Å². The fourth-order valence-corrected chi connectivity index (χ4v) is 2.23. The first-order valence-electron chi connectivity index (χ1n) is 6.21. The predicted octanol–water partition coefficient (Wildman–Crippen LogP) is 1.34. The quantitative estimate of drug-likeness (QED) is 0.692. The van der Waals surface area contributed by atoms with Crippen molar-refractivity contribution in [2.45, 2.75) is 32.7 Å². The summed E-state index contributed by atoms with van der Waals surface area (Å²) in [6.45, 7) is 10.1. The van der Waals surface area contributed by atoms with Crippen LogP contribution in [0.4, 0.5) is 0 Å². The molecule has 0 bridgehead atoms. The smallest absolute Gasteiger partial charge is 0.0613 e. The average molecular weight is 214 g/mol. The Kier molecular flexibility index (Phi) is 6.22.